The van der Waals surface area contributed by atoms with Gasteiger partial charge in [-0.2, -0.15) is 4.89 Å². The topological polar surface area (TPSA) is 35.5 Å². The molecule has 0 atom stereocenters. The van der Waals surface area contributed by atoms with Crippen molar-refractivity contribution < 1.29 is 14.6 Å². The maximum Gasteiger partial charge on any atom is 0.373 e. The van der Waals surface area contributed by atoms with Crippen LogP contribution in [0.15, 0.2) is 24.3 Å². The molecular formula is C8H6Cl2O3. The number of hydrogen-bond donors (Lipinski definition) is 0. The number of alkyl halides is 1. The minimum absolute atomic E-state index is 0.202. The lowest BCUT2D eigenvalue weighted by atomic mass is 10.2. The van der Waals surface area contributed by atoms with Crippen molar-refractivity contribution in [3.8, 4) is 0 Å². The highest BCUT2D eigenvalue weighted by Gasteiger charge is 2.07. The summed E-state index contributed by atoms with van der Waals surface area (Å²) < 4.78 is 0. The summed E-state index contributed by atoms with van der Waals surface area (Å²) in [4.78, 5) is 19.7. The maximum atomic E-state index is 11.1. The van der Waals surface area contributed by atoms with Crippen LogP contribution < -0.4 is 0 Å². The minimum atomic E-state index is -0.622. The van der Waals surface area contributed by atoms with Gasteiger partial charge in [-0.1, -0.05) is 29.3 Å². The summed E-state index contributed by atoms with van der Waals surface area (Å²) in [7, 11) is 0. The molecule has 1 rings (SSSR count). The van der Waals surface area contributed by atoms with Gasteiger partial charge in [0.2, 0.25) is 0 Å². The molecular weight excluding hydrogens is 215 g/mol. The van der Waals surface area contributed by atoms with Crippen molar-refractivity contribution in [1.82, 2.24) is 0 Å². The van der Waals surface area contributed by atoms with Crippen LogP contribution >= 0.6 is 23.2 Å². The molecule has 0 saturated carbocycles. The standard InChI is InChI=1S/C8H6Cl2O3/c9-5-12-13-8(11)6-2-1-3-7(10)4-6/h1-4H,5H2. The van der Waals surface area contributed by atoms with Gasteiger partial charge < -0.3 is 0 Å². The smallest absolute Gasteiger partial charge is 0.292 e. The first-order valence-electron chi connectivity index (χ1n) is 3.39. The molecule has 1 aromatic rings. The molecule has 0 saturated heterocycles. The van der Waals surface area contributed by atoms with Crippen LogP contribution in [0.5, 0.6) is 0 Å². The zero-order valence-corrected chi connectivity index (χ0v) is 8.01. The molecule has 0 heterocycles. The Morgan fingerprint density at radius 1 is 1.46 bits per heavy atom. The van der Waals surface area contributed by atoms with E-state index in [0.717, 1.165) is 0 Å². The van der Waals surface area contributed by atoms with Crippen LogP contribution in [0.3, 0.4) is 0 Å². The third kappa shape index (κ3) is 3.22. The first-order valence-corrected chi connectivity index (χ1v) is 4.30. The number of carbonyl (C=O) groups is 1. The lowest BCUT2D eigenvalue weighted by Crippen LogP contribution is -2.04. The highest BCUT2D eigenvalue weighted by atomic mass is 35.5. The number of benzene rings is 1. The highest BCUT2D eigenvalue weighted by molar-refractivity contribution is 6.30. The van der Waals surface area contributed by atoms with Crippen molar-refractivity contribution >= 4 is 29.2 Å². The summed E-state index contributed by atoms with van der Waals surface area (Å²) in [6.45, 7) is 0. The molecule has 0 spiro atoms. The molecule has 1 aromatic carbocycles. The molecule has 0 N–H and O–H groups in total. The van der Waals surface area contributed by atoms with Crippen LogP contribution in [0.4, 0.5) is 0 Å². The molecule has 3 nitrogen and oxygen atoms in total. The summed E-state index contributed by atoms with van der Waals surface area (Å²) in [5, 5.41) is 0.459. The Balaban J connectivity index is 2.66. The second kappa shape index (κ2) is 5.07. The van der Waals surface area contributed by atoms with Gasteiger partial charge in [-0.3, -0.25) is 4.89 Å². The van der Waals surface area contributed by atoms with E-state index in [2.05, 4.69) is 9.78 Å². The van der Waals surface area contributed by atoms with E-state index in [1.807, 2.05) is 0 Å². The van der Waals surface area contributed by atoms with Gasteiger partial charge in [-0.15, -0.1) is 0 Å². The van der Waals surface area contributed by atoms with Crippen LogP contribution in [-0.2, 0) is 9.78 Å². The van der Waals surface area contributed by atoms with Crippen LogP contribution in [0.25, 0.3) is 0 Å². The Morgan fingerprint density at radius 3 is 2.85 bits per heavy atom. The molecule has 0 unspecified atom stereocenters. The SMILES string of the molecule is O=C(OOCCl)c1cccc(Cl)c1. The van der Waals surface area contributed by atoms with E-state index in [-0.39, 0.29) is 6.07 Å². The molecule has 0 fully saturated rings. The fourth-order valence-corrected chi connectivity index (χ4v) is 0.974. The van der Waals surface area contributed by atoms with Gasteiger partial charge in [0.25, 0.3) is 0 Å². The average Bonchev–Trinajstić information content (AvgIpc) is 2.14. The molecule has 13 heavy (non-hydrogen) atoms. The van der Waals surface area contributed by atoms with Gasteiger partial charge in [-0.05, 0) is 18.2 Å². The third-order valence-electron chi connectivity index (χ3n) is 1.24. The summed E-state index contributed by atoms with van der Waals surface area (Å²) in [6, 6.07) is 6.12. The van der Waals surface area contributed by atoms with Crippen molar-refractivity contribution in [1.29, 1.82) is 0 Å². The first kappa shape index (κ1) is 10.3. The van der Waals surface area contributed by atoms with E-state index in [9.17, 15) is 4.79 Å². The van der Waals surface area contributed by atoms with Crippen LogP contribution in [0.2, 0.25) is 5.02 Å². The molecule has 0 aliphatic heterocycles. The summed E-state index contributed by atoms with van der Waals surface area (Å²) >= 11 is 10.8. The van der Waals surface area contributed by atoms with Gasteiger partial charge in [0.05, 0.1) is 5.56 Å². The Morgan fingerprint density at radius 2 is 2.23 bits per heavy atom. The predicted octanol–water partition coefficient (Wildman–Crippen LogP) is 2.62. The highest BCUT2D eigenvalue weighted by Crippen LogP contribution is 2.11. The van der Waals surface area contributed by atoms with E-state index in [0.29, 0.717) is 10.6 Å². The Labute approximate surface area is 85.1 Å². The monoisotopic (exact) mass is 220 g/mol. The maximum absolute atomic E-state index is 11.1. The van der Waals surface area contributed by atoms with Crippen LogP contribution in [0.1, 0.15) is 10.4 Å². The van der Waals surface area contributed by atoms with Gasteiger partial charge in [0, 0.05) is 5.02 Å². The van der Waals surface area contributed by atoms with Crippen molar-refractivity contribution in [2.45, 2.75) is 0 Å². The largest absolute Gasteiger partial charge is 0.373 e. The minimum Gasteiger partial charge on any atom is -0.292 e. The van der Waals surface area contributed by atoms with Gasteiger partial charge in [-0.25, -0.2) is 4.79 Å². The Bertz CT molecular complexity index is 301. The van der Waals surface area contributed by atoms with Crippen molar-refractivity contribution in [3.63, 3.8) is 0 Å². The van der Waals surface area contributed by atoms with E-state index in [4.69, 9.17) is 23.2 Å². The van der Waals surface area contributed by atoms with E-state index >= 15 is 0 Å². The first-order chi connectivity index (χ1) is 6.24. The molecule has 0 radical (unpaired) electrons. The molecule has 0 amide bonds. The summed E-state index contributed by atoms with van der Waals surface area (Å²) in [5.41, 5.74) is 0.317. The fraction of sp³-hybridized carbons (Fsp3) is 0.125. The van der Waals surface area contributed by atoms with Crippen LogP contribution in [-0.4, -0.2) is 12.0 Å². The molecule has 0 aliphatic rings. The van der Waals surface area contributed by atoms with Gasteiger partial charge >= 0.3 is 5.97 Å². The number of carbonyl (C=O) groups excluding carboxylic acids is 1. The fourth-order valence-electron chi connectivity index (χ4n) is 0.739. The molecule has 0 bridgehead atoms. The second-order valence-electron chi connectivity index (χ2n) is 2.11. The van der Waals surface area contributed by atoms with E-state index in [1.54, 1.807) is 18.2 Å². The summed E-state index contributed by atoms with van der Waals surface area (Å²) in [6.07, 6.45) is 0. The van der Waals surface area contributed by atoms with E-state index in [1.165, 1.54) is 6.07 Å². The van der Waals surface area contributed by atoms with Gasteiger partial charge in [0.1, 0.15) is 0 Å². The summed E-state index contributed by atoms with van der Waals surface area (Å²) in [5.74, 6) is -0.622. The Kier molecular flexibility index (Phi) is 4.02. The Hall–Kier alpha value is -0.770. The lowest BCUT2D eigenvalue weighted by Gasteiger charge is -2.00. The van der Waals surface area contributed by atoms with Crippen LogP contribution in [0, 0.1) is 0 Å². The van der Waals surface area contributed by atoms with Crippen molar-refractivity contribution in [3.05, 3.63) is 34.9 Å². The second-order valence-corrected chi connectivity index (χ2v) is 2.76. The van der Waals surface area contributed by atoms with Gasteiger partial charge in [0.15, 0.2) is 6.07 Å². The third-order valence-corrected chi connectivity index (χ3v) is 1.56. The lowest BCUT2D eigenvalue weighted by molar-refractivity contribution is -0.224. The number of hydrogen-bond acceptors (Lipinski definition) is 3. The number of rotatable bonds is 3. The number of halogens is 2. The predicted molar refractivity (Wildman–Crippen MR) is 48.7 cm³/mol. The zero-order valence-electron chi connectivity index (χ0n) is 6.50. The van der Waals surface area contributed by atoms with E-state index < -0.39 is 5.97 Å². The molecule has 70 valence electrons. The molecule has 5 heteroatoms. The quantitative estimate of drug-likeness (QED) is 0.447. The molecule has 0 aliphatic carbocycles. The molecule has 0 aromatic heterocycles. The van der Waals surface area contributed by atoms with Crippen molar-refractivity contribution in [2.75, 3.05) is 6.07 Å². The van der Waals surface area contributed by atoms with Crippen molar-refractivity contribution in [2.24, 2.45) is 0 Å². The normalized spacial score (nSPS) is 9.69. The zero-order chi connectivity index (χ0) is 9.68. The average molecular weight is 221 g/mol.